The van der Waals surface area contributed by atoms with Crippen LogP contribution in [0.25, 0.3) is 0 Å². The smallest absolute Gasteiger partial charge is 0.115 e. The lowest BCUT2D eigenvalue weighted by Gasteiger charge is -2.34. The Hall–Kier alpha value is -0.360. The van der Waals surface area contributed by atoms with E-state index in [1.165, 1.54) is 0 Å². The molecule has 0 saturated carbocycles. The van der Waals surface area contributed by atoms with Gasteiger partial charge in [-0.25, -0.2) is 4.39 Å². The molecule has 0 spiro atoms. The zero-order valence-corrected chi connectivity index (χ0v) is 12.3. The molecule has 0 aliphatic carbocycles. The van der Waals surface area contributed by atoms with Crippen LogP contribution in [0.1, 0.15) is 11.6 Å². The summed E-state index contributed by atoms with van der Waals surface area (Å²) in [5.74, 6) is 0.178. The van der Waals surface area contributed by atoms with Crippen LogP contribution >= 0.6 is 28.3 Å². The van der Waals surface area contributed by atoms with Crippen LogP contribution in [0, 0.1) is 0 Å². The molecule has 1 aliphatic rings. The molecule has 1 heterocycles. The summed E-state index contributed by atoms with van der Waals surface area (Å²) in [6.45, 7) is 2.98. The summed E-state index contributed by atoms with van der Waals surface area (Å²) in [6, 6.07) is 4.71. The van der Waals surface area contributed by atoms with Crippen LogP contribution in [0.15, 0.2) is 22.7 Å². The van der Waals surface area contributed by atoms with Gasteiger partial charge in [-0.1, -0.05) is 15.9 Å². The maximum absolute atomic E-state index is 13.3. The van der Waals surface area contributed by atoms with Crippen LogP contribution in [0.3, 0.4) is 0 Å². The van der Waals surface area contributed by atoms with Gasteiger partial charge in [-0.3, -0.25) is 4.90 Å². The minimum Gasteiger partial charge on any atom is -0.508 e. The van der Waals surface area contributed by atoms with Gasteiger partial charge in [0.2, 0.25) is 0 Å². The molecule has 3 nitrogen and oxygen atoms in total. The largest absolute Gasteiger partial charge is 0.508 e. The number of benzene rings is 1. The topological polar surface area (TPSA) is 35.5 Å². The number of halogens is 3. The highest BCUT2D eigenvalue weighted by Gasteiger charge is 2.24. The molecule has 0 unspecified atom stereocenters. The number of hydrogen-bond acceptors (Lipinski definition) is 3. The highest BCUT2D eigenvalue weighted by Crippen LogP contribution is 2.31. The summed E-state index contributed by atoms with van der Waals surface area (Å²) in [7, 11) is 0. The van der Waals surface area contributed by atoms with Crippen LogP contribution in [0.2, 0.25) is 0 Å². The summed E-state index contributed by atoms with van der Waals surface area (Å²) >= 11 is 3.42. The van der Waals surface area contributed by atoms with Crippen LogP contribution in [0.4, 0.5) is 4.39 Å². The molecule has 0 bridgehead atoms. The molecular weight excluding hydrogens is 323 g/mol. The second-order valence-electron chi connectivity index (χ2n) is 4.16. The lowest BCUT2D eigenvalue weighted by Crippen LogP contribution is -2.45. The Morgan fingerprint density at radius 3 is 2.67 bits per heavy atom. The number of nitrogens with zero attached hydrogens (tertiary/aromatic N) is 1. The van der Waals surface area contributed by atoms with Gasteiger partial charge in [0, 0.05) is 30.7 Å². The number of aromatic hydroxyl groups is 1. The summed E-state index contributed by atoms with van der Waals surface area (Å²) < 4.78 is 14.1. The van der Waals surface area contributed by atoms with Gasteiger partial charge in [0.15, 0.2) is 0 Å². The van der Waals surface area contributed by atoms with Crippen molar-refractivity contribution in [2.45, 2.75) is 6.04 Å². The van der Waals surface area contributed by atoms with Crippen molar-refractivity contribution in [3.63, 3.8) is 0 Å². The van der Waals surface area contributed by atoms with Crippen molar-refractivity contribution in [3.05, 3.63) is 28.2 Å². The monoisotopic (exact) mass is 338 g/mol. The Balaban J connectivity index is 0.00000162. The molecule has 1 aromatic rings. The van der Waals surface area contributed by atoms with Crippen LogP contribution in [0.5, 0.6) is 5.75 Å². The fourth-order valence-corrected chi connectivity index (χ4v) is 2.67. The van der Waals surface area contributed by atoms with E-state index in [-0.39, 0.29) is 24.2 Å². The van der Waals surface area contributed by atoms with Gasteiger partial charge in [0.25, 0.3) is 0 Å². The van der Waals surface area contributed by atoms with E-state index in [1.807, 2.05) is 0 Å². The first-order valence-corrected chi connectivity index (χ1v) is 6.51. The third-order valence-electron chi connectivity index (χ3n) is 3.08. The van der Waals surface area contributed by atoms with Crippen molar-refractivity contribution in [3.8, 4) is 5.75 Å². The maximum atomic E-state index is 13.3. The normalized spacial score (nSPS) is 18.1. The summed E-state index contributed by atoms with van der Waals surface area (Å²) in [6.07, 6.45) is 0. The molecule has 6 heteroatoms. The minimum absolute atomic E-state index is 0. The average Bonchev–Trinajstić information content (AvgIpc) is 2.36. The Morgan fingerprint density at radius 2 is 2.06 bits per heavy atom. The number of phenolic OH excluding ortho intramolecular Hbond substituents is 1. The fourth-order valence-electron chi connectivity index (χ4n) is 2.16. The summed E-state index contributed by atoms with van der Waals surface area (Å²) in [5, 5.41) is 12.8. The molecule has 0 radical (unpaired) electrons. The van der Waals surface area contributed by atoms with Gasteiger partial charge in [-0.15, -0.1) is 12.4 Å². The third kappa shape index (κ3) is 3.57. The van der Waals surface area contributed by atoms with Gasteiger partial charge < -0.3 is 10.4 Å². The van der Waals surface area contributed by atoms with Crippen molar-refractivity contribution in [2.75, 3.05) is 32.9 Å². The van der Waals surface area contributed by atoms with Gasteiger partial charge in [0.05, 0.1) is 6.04 Å². The SMILES string of the molecule is Cl.Oc1ccc(Br)c([C@@H](CF)N2CCNCC2)c1. The molecule has 1 saturated heterocycles. The standard InChI is InChI=1S/C12H16BrFN2O.ClH/c13-11-2-1-9(17)7-10(11)12(8-14)16-5-3-15-4-6-16;/h1-2,7,12,15,17H,3-6,8H2;1H/t12-;/m1./s1. The van der Waals surface area contributed by atoms with Crippen LogP contribution in [-0.2, 0) is 0 Å². The van der Waals surface area contributed by atoms with Gasteiger partial charge in [-0.2, -0.15) is 0 Å². The van der Waals surface area contributed by atoms with Gasteiger partial charge in [-0.05, 0) is 23.8 Å². The quantitative estimate of drug-likeness (QED) is 0.888. The molecule has 1 aliphatic heterocycles. The molecule has 18 heavy (non-hydrogen) atoms. The first-order valence-electron chi connectivity index (χ1n) is 5.71. The van der Waals surface area contributed by atoms with E-state index in [4.69, 9.17) is 0 Å². The Labute approximate surface area is 121 Å². The fraction of sp³-hybridized carbons (Fsp3) is 0.500. The molecule has 1 aromatic carbocycles. The van der Waals surface area contributed by atoms with E-state index >= 15 is 0 Å². The number of alkyl halides is 1. The van der Waals surface area contributed by atoms with Gasteiger partial charge in [0.1, 0.15) is 12.4 Å². The first kappa shape index (κ1) is 15.7. The molecule has 102 valence electrons. The van der Waals surface area contributed by atoms with Crippen LogP contribution in [-0.4, -0.2) is 42.9 Å². The zero-order valence-electron chi connectivity index (χ0n) is 9.90. The second kappa shape index (κ2) is 7.28. The molecular formula is C12H17BrClFN2O. The minimum atomic E-state index is -0.442. The van der Waals surface area contributed by atoms with E-state index in [0.29, 0.717) is 0 Å². The number of rotatable bonds is 3. The highest BCUT2D eigenvalue weighted by molar-refractivity contribution is 9.10. The highest BCUT2D eigenvalue weighted by atomic mass is 79.9. The Kier molecular flexibility index (Phi) is 6.35. The molecule has 1 fully saturated rings. The third-order valence-corrected chi connectivity index (χ3v) is 3.80. The number of nitrogens with one attached hydrogen (secondary N) is 1. The Bertz CT molecular complexity index is 388. The number of phenols is 1. The van der Waals surface area contributed by atoms with Crippen molar-refractivity contribution in [1.29, 1.82) is 0 Å². The van der Waals surface area contributed by atoms with Crippen molar-refractivity contribution in [1.82, 2.24) is 10.2 Å². The van der Waals surface area contributed by atoms with E-state index < -0.39 is 6.67 Å². The molecule has 0 aromatic heterocycles. The van der Waals surface area contributed by atoms with E-state index in [1.54, 1.807) is 18.2 Å². The lowest BCUT2D eigenvalue weighted by molar-refractivity contribution is 0.147. The van der Waals surface area contributed by atoms with Crippen LogP contribution < -0.4 is 5.32 Å². The van der Waals surface area contributed by atoms with Crippen molar-refractivity contribution >= 4 is 28.3 Å². The Morgan fingerprint density at radius 1 is 1.39 bits per heavy atom. The van der Waals surface area contributed by atoms with E-state index in [9.17, 15) is 9.50 Å². The molecule has 2 rings (SSSR count). The van der Waals surface area contributed by atoms with Crippen molar-refractivity contribution in [2.24, 2.45) is 0 Å². The lowest BCUT2D eigenvalue weighted by atomic mass is 10.1. The predicted octanol–water partition coefficient (Wildman–Crippen LogP) is 2.49. The maximum Gasteiger partial charge on any atom is 0.115 e. The summed E-state index contributed by atoms with van der Waals surface area (Å²) in [5.41, 5.74) is 0.814. The van der Waals surface area contributed by atoms with E-state index in [0.717, 1.165) is 36.2 Å². The van der Waals surface area contributed by atoms with E-state index in [2.05, 4.69) is 26.1 Å². The van der Waals surface area contributed by atoms with Gasteiger partial charge >= 0.3 is 0 Å². The summed E-state index contributed by atoms with van der Waals surface area (Å²) in [4.78, 5) is 2.11. The van der Waals surface area contributed by atoms with Crippen molar-refractivity contribution < 1.29 is 9.50 Å². The average molecular weight is 340 g/mol. The number of hydrogen-bond donors (Lipinski definition) is 2. The molecule has 2 N–H and O–H groups in total. The number of piperazine rings is 1. The zero-order chi connectivity index (χ0) is 12.3. The molecule has 0 amide bonds. The second-order valence-corrected chi connectivity index (χ2v) is 5.02. The predicted molar refractivity (Wildman–Crippen MR) is 76.2 cm³/mol. The molecule has 1 atom stereocenters. The first-order chi connectivity index (χ1) is 8.22.